The van der Waals surface area contributed by atoms with Crippen molar-refractivity contribution in [3.05, 3.63) is 77.4 Å². The lowest BCUT2D eigenvalue weighted by Gasteiger charge is -2.28. The Morgan fingerprint density at radius 1 is 0.909 bits per heavy atom. The number of aromatic nitrogens is 5. The van der Waals surface area contributed by atoms with Crippen LogP contribution in [-0.4, -0.2) is 44.5 Å². The zero-order valence-corrected chi connectivity index (χ0v) is 18.7. The maximum absolute atomic E-state index is 13.3. The lowest BCUT2D eigenvalue weighted by molar-refractivity contribution is 0.409. The highest BCUT2D eigenvalue weighted by Gasteiger charge is 2.16. The van der Waals surface area contributed by atoms with Gasteiger partial charge >= 0.3 is 0 Å². The molecule has 170 valence electrons. The standard InChI is InChI=1S/C25H27FN6O/c1-33-22-13-20(28-21(14-22)17-26)15-23-29-19(16-25(30-23)31-7-3-2-4-8-31)11-18-5-9-32-10-6-27-24(32)12-18/h5-6,9-10,12-14,16H,2-4,7-8,11,15,17H2,1H3. The summed E-state index contributed by atoms with van der Waals surface area (Å²) in [6, 6.07) is 9.71. The number of methoxy groups -OCH3 is 1. The van der Waals surface area contributed by atoms with Crippen LogP contribution in [0.2, 0.25) is 0 Å². The van der Waals surface area contributed by atoms with Crippen molar-refractivity contribution in [2.45, 2.75) is 38.8 Å². The summed E-state index contributed by atoms with van der Waals surface area (Å²) in [5, 5.41) is 0. The highest BCUT2D eigenvalue weighted by Crippen LogP contribution is 2.22. The molecule has 0 N–H and O–H groups in total. The summed E-state index contributed by atoms with van der Waals surface area (Å²) >= 11 is 0. The molecule has 1 saturated heterocycles. The molecule has 4 aromatic rings. The normalized spacial score (nSPS) is 14.1. The molecule has 33 heavy (non-hydrogen) atoms. The molecule has 0 unspecified atom stereocenters. The largest absolute Gasteiger partial charge is 0.497 e. The van der Waals surface area contributed by atoms with E-state index in [4.69, 9.17) is 14.7 Å². The average Bonchev–Trinajstić information content (AvgIpc) is 3.32. The fraction of sp³-hybridized carbons (Fsp3) is 0.360. The van der Waals surface area contributed by atoms with Crippen molar-refractivity contribution < 1.29 is 9.13 Å². The highest BCUT2D eigenvalue weighted by molar-refractivity contribution is 5.45. The van der Waals surface area contributed by atoms with Gasteiger partial charge in [-0.2, -0.15) is 0 Å². The van der Waals surface area contributed by atoms with Gasteiger partial charge in [-0.25, -0.2) is 19.3 Å². The number of ether oxygens (including phenoxy) is 1. The van der Waals surface area contributed by atoms with Crippen molar-refractivity contribution in [3.63, 3.8) is 0 Å². The summed E-state index contributed by atoms with van der Waals surface area (Å²) in [5.41, 5.74) is 4.05. The van der Waals surface area contributed by atoms with E-state index in [1.807, 2.05) is 22.9 Å². The molecule has 4 aromatic heterocycles. The number of hydrogen-bond acceptors (Lipinski definition) is 6. The van der Waals surface area contributed by atoms with E-state index in [1.54, 1.807) is 19.4 Å². The van der Waals surface area contributed by atoms with Gasteiger partial charge in [-0.05, 0) is 37.0 Å². The Bertz CT molecular complexity index is 1230. The first-order valence-electron chi connectivity index (χ1n) is 11.3. The lowest BCUT2D eigenvalue weighted by atomic mass is 10.1. The van der Waals surface area contributed by atoms with Crippen LogP contribution in [-0.2, 0) is 19.5 Å². The minimum atomic E-state index is -0.639. The van der Waals surface area contributed by atoms with Gasteiger partial charge in [0.05, 0.1) is 30.6 Å². The Morgan fingerprint density at radius 2 is 1.73 bits per heavy atom. The van der Waals surface area contributed by atoms with Crippen LogP contribution in [0.15, 0.2) is 48.9 Å². The van der Waals surface area contributed by atoms with Crippen molar-refractivity contribution in [2.75, 3.05) is 25.1 Å². The Labute approximate surface area is 192 Å². The fourth-order valence-corrected chi connectivity index (χ4v) is 4.32. The third kappa shape index (κ3) is 4.94. The molecule has 0 bridgehead atoms. The smallest absolute Gasteiger partial charge is 0.136 e. The van der Waals surface area contributed by atoms with E-state index >= 15 is 0 Å². The highest BCUT2D eigenvalue weighted by atomic mass is 19.1. The van der Waals surface area contributed by atoms with Gasteiger partial charge in [-0.1, -0.05) is 0 Å². The predicted molar refractivity (Wildman–Crippen MR) is 125 cm³/mol. The molecular formula is C25H27FN6O. The van der Waals surface area contributed by atoms with Crippen LogP contribution >= 0.6 is 0 Å². The maximum Gasteiger partial charge on any atom is 0.136 e. The Hall–Kier alpha value is -3.55. The molecule has 1 fully saturated rings. The zero-order chi connectivity index (χ0) is 22.6. The fourth-order valence-electron chi connectivity index (χ4n) is 4.32. The molecule has 0 radical (unpaired) electrons. The molecule has 5 heterocycles. The summed E-state index contributed by atoms with van der Waals surface area (Å²) in [5.74, 6) is 2.22. The lowest BCUT2D eigenvalue weighted by Crippen LogP contribution is -2.30. The molecule has 0 aliphatic carbocycles. The van der Waals surface area contributed by atoms with Gasteiger partial charge in [0.15, 0.2) is 0 Å². The summed E-state index contributed by atoms with van der Waals surface area (Å²) < 4.78 is 20.6. The first-order chi connectivity index (χ1) is 16.2. The number of imidazole rings is 1. The van der Waals surface area contributed by atoms with E-state index in [9.17, 15) is 4.39 Å². The number of pyridine rings is 2. The van der Waals surface area contributed by atoms with Crippen molar-refractivity contribution in [2.24, 2.45) is 0 Å². The topological polar surface area (TPSA) is 68.4 Å². The zero-order valence-electron chi connectivity index (χ0n) is 18.7. The van der Waals surface area contributed by atoms with E-state index in [1.165, 1.54) is 19.3 Å². The number of halogens is 1. The van der Waals surface area contributed by atoms with Gasteiger partial charge in [-0.3, -0.25) is 4.98 Å². The molecule has 1 aliphatic rings. The van der Waals surface area contributed by atoms with Crippen LogP contribution < -0.4 is 9.64 Å². The number of piperidine rings is 1. The maximum atomic E-state index is 13.3. The van der Waals surface area contributed by atoms with Crippen LogP contribution in [0.5, 0.6) is 5.75 Å². The molecule has 0 saturated carbocycles. The van der Waals surface area contributed by atoms with Gasteiger partial charge in [0, 0.05) is 56.3 Å². The average molecular weight is 447 g/mol. The van der Waals surface area contributed by atoms with Gasteiger partial charge < -0.3 is 14.0 Å². The first kappa shape index (κ1) is 21.3. The number of alkyl halides is 1. The first-order valence-corrected chi connectivity index (χ1v) is 11.3. The van der Waals surface area contributed by atoms with Gasteiger partial charge in [-0.15, -0.1) is 0 Å². The summed E-state index contributed by atoms with van der Waals surface area (Å²) in [6.07, 6.45) is 10.4. The second kappa shape index (κ2) is 9.52. The van der Waals surface area contributed by atoms with E-state index < -0.39 is 6.67 Å². The molecule has 1 aliphatic heterocycles. The predicted octanol–water partition coefficient (Wildman–Crippen LogP) is 4.17. The Morgan fingerprint density at radius 3 is 2.55 bits per heavy atom. The van der Waals surface area contributed by atoms with Gasteiger partial charge in [0.1, 0.15) is 29.7 Å². The number of anilines is 1. The third-order valence-electron chi connectivity index (χ3n) is 5.96. The third-order valence-corrected chi connectivity index (χ3v) is 5.96. The van der Waals surface area contributed by atoms with Crippen LogP contribution in [0.1, 0.15) is 47.7 Å². The van der Waals surface area contributed by atoms with Gasteiger partial charge in [0.25, 0.3) is 0 Å². The summed E-state index contributed by atoms with van der Waals surface area (Å²) in [4.78, 5) is 20.9. The second-order valence-electron chi connectivity index (χ2n) is 8.39. The number of rotatable bonds is 7. The molecule has 8 heteroatoms. The Balaban J connectivity index is 1.48. The van der Waals surface area contributed by atoms with Crippen molar-refractivity contribution in [3.8, 4) is 5.75 Å². The summed E-state index contributed by atoms with van der Waals surface area (Å²) in [6.45, 7) is 1.36. The second-order valence-corrected chi connectivity index (χ2v) is 8.39. The molecule has 0 atom stereocenters. The SMILES string of the molecule is COc1cc(CF)nc(Cc2nc(Cc3ccn4ccnc4c3)cc(N3CCCCC3)n2)c1. The minimum absolute atomic E-state index is 0.352. The van der Waals surface area contributed by atoms with Crippen LogP contribution in [0.4, 0.5) is 10.2 Å². The molecule has 5 rings (SSSR count). The van der Waals surface area contributed by atoms with Gasteiger partial charge in [0.2, 0.25) is 0 Å². The van der Waals surface area contributed by atoms with Crippen LogP contribution in [0, 0.1) is 0 Å². The monoisotopic (exact) mass is 446 g/mol. The Kier molecular flexibility index (Phi) is 6.15. The molecule has 0 amide bonds. The van der Waals surface area contributed by atoms with Crippen molar-refractivity contribution in [1.82, 2.24) is 24.3 Å². The summed E-state index contributed by atoms with van der Waals surface area (Å²) in [7, 11) is 1.57. The molecule has 0 aromatic carbocycles. The van der Waals surface area contributed by atoms with Crippen LogP contribution in [0.25, 0.3) is 5.65 Å². The van der Waals surface area contributed by atoms with E-state index in [2.05, 4.69) is 33.1 Å². The van der Waals surface area contributed by atoms with E-state index in [0.717, 1.165) is 35.8 Å². The number of fused-ring (bicyclic) bond motifs is 1. The molecule has 0 spiro atoms. The quantitative estimate of drug-likeness (QED) is 0.424. The molecular weight excluding hydrogens is 419 g/mol. The van der Waals surface area contributed by atoms with Crippen LogP contribution in [0.3, 0.4) is 0 Å². The van der Waals surface area contributed by atoms with E-state index in [-0.39, 0.29) is 0 Å². The van der Waals surface area contributed by atoms with Crippen molar-refractivity contribution >= 4 is 11.5 Å². The number of nitrogens with zero attached hydrogens (tertiary/aromatic N) is 6. The van der Waals surface area contributed by atoms with E-state index in [0.29, 0.717) is 35.8 Å². The minimum Gasteiger partial charge on any atom is -0.497 e. The molecule has 7 nitrogen and oxygen atoms in total. The number of hydrogen-bond donors (Lipinski definition) is 0. The van der Waals surface area contributed by atoms with Crippen molar-refractivity contribution in [1.29, 1.82) is 0 Å².